The maximum absolute atomic E-state index is 5.16. The summed E-state index contributed by atoms with van der Waals surface area (Å²) in [5.41, 5.74) is 1.10. The summed E-state index contributed by atoms with van der Waals surface area (Å²) >= 11 is 0. The molecule has 0 aromatic carbocycles. The Morgan fingerprint density at radius 2 is 0.750 bits per heavy atom. The highest BCUT2D eigenvalue weighted by Crippen LogP contribution is 2.51. The normalized spacial score (nSPS) is 36.3. The molecule has 4 aliphatic carbocycles. The van der Waals surface area contributed by atoms with Crippen LogP contribution in [0, 0.1) is 10.8 Å². The van der Waals surface area contributed by atoms with Gasteiger partial charge in [-0.15, -0.1) is 0 Å². The smallest absolute Gasteiger partial charge is 0.0764 e. The summed E-state index contributed by atoms with van der Waals surface area (Å²) in [5, 5.41) is 10.3. The van der Waals surface area contributed by atoms with Crippen molar-refractivity contribution in [3.8, 4) is 0 Å². The van der Waals surface area contributed by atoms with Gasteiger partial charge in [-0.3, -0.25) is 0 Å². The van der Waals surface area contributed by atoms with Crippen molar-refractivity contribution in [2.45, 2.75) is 128 Å². The van der Waals surface area contributed by atoms with Crippen LogP contribution in [0.2, 0.25) is 0 Å². The van der Waals surface area contributed by atoms with E-state index in [-0.39, 0.29) is 0 Å². The second-order valence-electron chi connectivity index (χ2n) is 9.60. The molecule has 0 aliphatic heterocycles. The van der Waals surface area contributed by atoms with E-state index in [1.54, 1.807) is 0 Å². The maximum Gasteiger partial charge on any atom is 0.0764 e. The minimum Gasteiger partial charge on any atom is -0.190 e. The molecule has 0 heterocycles. The molecule has 2 nitrogen and oxygen atoms in total. The van der Waals surface area contributed by atoms with Gasteiger partial charge in [0.15, 0.2) is 0 Å². The Kier molecular flexibility index (Phi) is 5.29. The lowest BCUT2D eigenvalue weighted by atomic mass is 9.62. The molecular weight excluding hydrogens is 292 g/mol. The highest BCUT2D eigenvalue weighted by atomic mass is 15.2. The van der Waals surface area contributed by atoms with Crippen LogP contribution in [0.4, 0.5) is 0 Å². The Morgan fingerprint density at radius 3 is 1.12 bits per heavy atom. The summed E-state index contributed by atoms with van der Waals surface area (Å²) in [6.07, 6.45) is 25.6. The van der Waals surface area contributed by atoms with Gasteiger partial charge in [0.05, 0.1) is 12.1 Å². The summed E-state index contributed by atoms with van der Waals surface area (Å²) < 4.78 is 0. The van der Waals surface area contributed by atoms with Crippen LogP contribution in [-0.4, -0.2) is 12.1 Å². The van der Waals surface area contributed by atoms with Gasteiger partial charge in [-0.2, -0.15) is 10.2 Å². The van der Waals surface area contributed by atoms with Gasteiger partial charge in [-0.1, -0.05) is 64.2 Å². The Bertz CT molecular complexity index is 373. The van der Waals surface area contributed by atoms with Crippen molar-refractivity contribution in [3.05, 3.63) is 0 Å². The zero-order chi connectivity index (χ0) is 16.3. The van der Waals surface area contributed by atoms with E-state index in [4.69, 9.17) is 10.2 Å². The third kappa shape index (κ3) is 3.31. The SMILES string of the molecule is C1CCC2(CC1)CCCCC2N=NC1CCCCC12CCCCC2. The molecular formula is C22H38N2. The second-order valence-corrected chi connectivity index (χ2v) is 9.60. The molecule has 0 aromatic rings. The Labute approximate surface area is 149 Å². The largest absolute Gasteiger partial charge is 0.190 e. The monoisotopic (exact) mass is 330 g/mol. The molecule has 2 spiro atoms. The lowest BCUT2D eigenvalue weighted by Crippen LogP contribution is -2.40. The highest BCUT2D eigenvalue weighted by molar-refractivity contribution is 4.98. The number of hydrogen-bond acceptors (Lipinski definition) is 2. The minimum absolute atomic E-state index is 0.550. The van der Waals surface area contributed by atoms with E-state index in [1.807, 2.05) is 0 Å². The minimum atomic E-state index is 0.550. The molecule has 0 amide bonds. The maximum atomic E-state index is 5.16. The van der Waals surface area contributed by atoms with Gasteiger partial charge >= 0.3 is 0 Å². The zero-order valence-corrected chi connectivity index (χ0v) is 15.8. The molecule has 4 aliphatic rings. The van der Waals surface area contributed by atoms with Gasteiger partial charge in [-0.05, 0) is 62.2 Å². The van der Waals surface area contributed by atoms with E-state index >= 15 is 0 Å². The van der Waals surface area contributed by atoms with Crippen molar-refractivity contribution < 1.29 is 0 Å². The van der Waals surface area contributed by atoms with E-state index in [1.165, 1.54) is 116 Å². The quantitative estimate of drug-likeness (QED) is 0.477. The number of rotatable bonds is 2. The molecule has 0 saturated heterocycles. The predicted molar refractivity (Wildman–Crippen MR) is 100 cm³/mol. The van der Waals surface area contributed by atoms with Crippen molar-refractivity contribution in [1.29, 1.82) is 0 Å². The van der Waals surface area contributed by atoms with Crippen LogP contribution in [-0.2, 0) is 0 Å². The molecule has 0 bridgehead atoms. The molecule has 2 atom stereocenters. The van der Waals surface area contributed by atoms with Crippen molar-refractivity contribution in [1.82, 2.24) is 0 Å². The average Bonchev–Trinajstić information content (AvgIpc) is 2.64. The molecule has 24 heavy (non-hydrogen) atoms. The van der Waals surface area contributed by atoms with Gasteiger partial charge in [0.1, 0.15) is 0 Å². The van der Waals surface area contributed by atoms with Gasteiger partial charge in [0.2, 0.25) is 0 Å². The van der Waals surface area contributed by atoms with E-state index in [0.29, 0.717) is 22.9 Å². The highest BCUT2D eigenvalue weighted by Gasteiger charge is 2.44. The van der Waals surface area contributed by atoms with Gasteiger partial charge in [0, 0.05) is 0 Å². The van der Waals surface area contributed by atoms with Gasteiger partial charge < -0.3 is 0 Å². The molecule has 2 heteroatoms. The van der Waals surface area contributed by atoms with Crippen LogP contribution in [0.1, 0.15) is 116 Å². The number of azo groups is 1. The van der Waals surface area contributed by atoms with Crippen LogP contribution in [0.25, 0.3) is 0 Å². The molecule has 0 N–H and O–H groups in total. The van der Waals surface area contributed by atoms with Crippen LogP contribution < -0.4 is 0 Å². The van der Waals surface area contributed by atoms with Crippen molar-refractivity contribution >= 4 is 0 Å². The first-order chi connectivity index (χ1) is 11.8. The standard InChI is InChI=1S/C22H38N2/c1-5-13-21(14-6-1)17-9-3-11-19(21)23-24-20-12-4-10-18-22(20)15-7-2-8-16-22/h19-20H,1-18H2. The lowest BCUT2D eigenvalue weighted by Gasteiger charge is -2.46. The zero-order valence-electron chi connectivity index (χ0n) is 15.8. The molecule has 4 fully saturated rings. The third-order valence-corrected chi connectivity index (χ3v) is 8.26. The topological polar surface area (TPSA) is 24.7 Å². The van der Waals surface area contributed by atoms with Crippen LogP contribution in [0.5, 0.6) is 0 Å². The first-order valence-electron chi connectivity index (χ1n) is 11.2. The summed E-state index contributed by atoms with van der Waals surface area (Å²) in [4.78, 5) is 0. The molecule has 0 aromatic heterocycles. The molecule has 2 unspecified atom stereocenters. The molecule has 4 saturated carbocycles. The van der Waals surface area contributed by atoms with E-state index in [2.05, 4.69) is 0 Å². The van der Waals surface area contributed by atoms with Crippen LogP contribution in [0.15, 0.2) is 10.2 Å². The van der Waals surface area contributed by atoms with Crippen molar-refractivity contribution in [2.75, 3.05) is 0 Å². The van der Waals surface area contributed by atoms with Crippen molar-refractivity contribution in [2.24, 2.45) is 21.1 Å². The van der Waals surface area contributed by atoms with Crippen LogP contribution in [0.3, 0.4) is 0 Å². The molecule has 136 valence electrons. The summed E-state index contributed by atoms with van der Waals surface area (Å²) in [6.45, 7) is 0. The molecule has 4 rings (SSSR count). The number of nitrogens with zero attached hydrogens (tertiary/aromatic N) is 2. The Morgan fingerprint density at radius 1 is 0.417 bits per heavy atom. The first-order valence-corrected chi connectivity index (χ1v) is 11.2. The predicted octanol–water partition coefficient (Wildman–Crippen LogP) is 7.22. The fourth-order valence-corrected chi connectivity index (χ4v) is 6.77. The Hall–Kier alpha value is -0.400. The molecule has 0 radical (unpaired) electrons. The Balaban J connectivity index is 1.49. The summed E-state index contributed by atoms with van der Waals surface area (Å²) in [7, 11) is 0. The first kappa shape index (κ1) is 17.0. The fourth-order valence-electron chi connectivity index (χ4n) is 6.77. The fraction of sp³-hybridized carbons (Fsp3) is 1.00. The van der Waals surface area contributed by atoms with E-state index < -0.39 is 0 Å². The summed E-state index contributed by atoms with van der Waals surface area (Å²) in [6, 6.07) is 1.13. The summed E-state index contributed by atoms with van der Waals surface area (Å²) in [5.74, 6) is 0. The van der Waals surface area contributed by atoms with Gasteiger partial charge in [0.25, 0.3) is 0 Å². The number of hydrogen-bond donors (Lipinski definition) is 0. The van der Waals surface area contributed by atoms with Crippen LogP contribution >= 0.6 is 0 Å². The third-order valence-electron chi connectivity index (χ3n) is 8.26. The van der Waals surface area contributed by atoms with Gasteiger partial charge in [-0.25, -0.2) is 0 Å². The average molecular weight is 331 g/mol. The van der Waals surface area contributed by atoms with Crippen molar-refractivity contribution in [3.63, 3.8) is 0 Å². The lowest BCUT2D eigenvalue weighted by molar-refractivity contribution is 0.0752. The second kappa shape index (κ2) is 7.46. The van der Waals surface area contributed by atoms with E-state index in [9.17, 15) is 0 Å². The van der Waals surface area contributed by atoms with E-state index in [0.717, 1.165) is 0 Å².